The Morgan fingerprint density at radius 1 is 1.16 bits per heavy atom. The van der Waals surface area contributed by atoms with Gasteiger partial charge < -0.3 is 19.5 Å². The maximum atomic E-state index is 12.6. The molecule has 0 unspecified atom stereocenters. The molecule has 1 fully saturated rings. The number of benzene rings is 1. The van der Waals surface area contributed by atoms with Gasteiger partial charge in [0.15, 0.2) is 0 Å². The lowest BCUT2D eigenvalue weighted by molar-refractivity contribution is -0.143. The second kappa shape index (κ2) is 12.0. The van der Waals surface area contributed by atoms with Crippen LogP contribution in [0.2, 0.25) is 4.34 Å². The van der Waals surface area contributed by atoms with Crippen LogP contribution in [0.4, 0.5) is 4.79 Å². The number of carbonyl (C=O) groups excluding carboxylic acids is 1. The van der Waals surface area contributed by atoms with Gasteiger partial charge in [0, 0.05) is 19.2 Å². The van der Waals surface area contributed by atoms with Crippen molar-refractivity contribution in [1.82, 2.24) is 9.88 Å². The summed E-state index contributed by atoms with van der Waals surface area (Å²) in [6.07, 6.45) is 2.31. The van der Waals surface area contributed by atoms with Crippen LogP contribution in [0.15, 0.2) is 42.5 Å². The highest BCUT2D eigenvalue weighted by atomic mass is 35.5. The van der Waals surface area contributed by atoms with Gasteiger partial charge in [-0.1, -0.05) is 41.9 Å². The molecule has 9 heteroatoms. The lowest BCUT2D eigenvalue weighted by Crippen LogP contribution is -2.29. The van der Waals surface area contributed by atoms with E-state index in [9.17, 15) is 14.7 Å². The van der Waals surface area contributed by atoms with Crippen molar-refractivity contribution in [2.75, 3.05) is 7.05 Å². The van der Waals surface area contributed by atoms with Crippen LogP contribution in [0, 0.1) is 19.8 Å². The number of hydrogen-bond donors (Lipinski definition) is 1. The monoisotopic (exact) mass is 542 g/mol. The number of aliphatic carboxylic acids is 1. The molecule has 0 spiro atoms. The van der Waals surface area contributed by atoms with Crippen LogP contribution in [0.3, 0.4) is 0 Å². The number of pyridine rings is 1. The second-order valence-electron chi connectivity index (χ2n) is 9.43. The molecular formula is C28H31ClN2O5S. The van der Waals surface area contributed by atoms with E-state index >= 15 is 0 Å². The fourth-order valence-corrected chi connectivity index (χ4v) is 5.87. The standard InChI is InChI=1S/C28H31ClN2O5S/c1-17-22(16-35-28(34)31(3)15-19-8-5-4-6-9-19)25(37-26(17)29)23-12-13-24(18(2)30-23)36-21-11-7-10-20(14-21)27(32)33/h4-6,8-9,12-13,20-21H,7,10-11,14-16H2,1-3H3,(H,32,33)/t20-,21-/m0/s1. The number of thiophene rings is 1. The van der Waals surface area contributed by atoms with E-state index in [1.54, 1.807) is 7.05 Å². The molecule has 37 heavy (non-hydrogen) atoms. The highest BCUT2D eigenvalue weighted by molar-refractivity contribution is 7.19. The first-order valence-electron chi connectivity index (χ1n) is 12.3. The molecule has 7 nitrogen and oxygen atoms in total. The summed E-state index contributed by atoms with van der Waals surface area (Å²) in [4.78, 5) is 31.2. The van der Waals surface area contributed by atoms with Gasteiger partial charge in [-0.15, -0.1) is 11.3 Å². The van der Waals surface area contributed by atoms with Gasteiger partial charge in [-0.25, -0.2) is 9.78 Å². The molecule has 1 aromatic carbocycles. The predicted molar refractivity (Wildman–Crippen MR) is 144 cm³/mol. The molecule has 1 aliphatic carbocycles. The van der Waals surface area contributed by atoms with Gasteiger partial charge in [0.05, 0.1) is 32.6 Å². The second-order valence-corrected chi connectivity index (χ2v) is 11.0. The summed E-state index contributed by atoms with van der Waals surface area (Å²) in [5, 5.41) is 9.35. The number of aryl methyl sites for hydroxylation is 1. The fraction of sp³-hybridized carbons (Fsp3) is 0.393. The first-order chi connectivity index (χ1) is 17.7. The van der Waals surface area contributed by atoms with Crippen LogP contribution < -0.4 is 4.74 Å². The maximum Gasteiger partial charge on any atom is 0.410 e. The van der Waals surface area contributed by atoms with Crippen LogP contribution >= 0.6 is 22.9 Å². The Morgan fingerprint density at radius 3 is 2.62 bits per heavy atom. The molecule has 2 aromatic heterocycles. The Labute approximate surface area is 226 Å². The molecule has 1 aliphatic rings. The zero-order valence-electron chi connectivity index (χ0n) is 21.2. The molecule has 2 atom stereocenters. The molecule has 3 aromatic rings. The zero-order valence-corrected chi connectivity index (χ0v) is 22.8. The van der Waals surface area contributed by atoms with Crippen LogP contribution in [0.5, 0.6) is 5.75 Å². The minimum atomic E-state index is -0.761. The van der Waals surface area contributed by atoms with E-state index in [1.807, 2.05) is 56.3 Å². The van der Waals surface area contributed by atoms with E-state index in [2.05, 4.69) is 0 Å². The van der Waals surface area contributed by atoms with E-state index in [-0.39, 0.29) is 18.6 Å². The molecule has 1 saturated carbocycles. The van der Waals surface area contributed by atoms with Crippen molar-refractivity contribution in [3.05, 3.63) is 69.2 Å². The number of hydrogen-bond acceptors (Lipinski definition) is 6. The Bertz CT molecular complexity index is 1260. The average molecular weight is 543 g/mol. The first-order valence-corrected chi connectivity index (χ1v) is 13.5. The molecule has 2 heterocycles. The van der Waals surface area contributed by atoms with Gasteiger partial charge in [0.2, 0.25) is 0 Å². The van der Waals surface area contributed by atoms with Crippen LogP contribution in [-0.4, -0.2) is 40.2 Å². The van der Waals surface area contributed by atoms with Crippen molar-refractivity contribution < 1.29 is 24.2 Å². The number of carboxylic acids is 1. The molecular weight excluding hydrogens is 512 g/mol. The van der Waals surface area contributed by atoms with Crippen LogP contribution in [0.25, 0.3) is 10.6 Å². The molecule has 1 amide bonds. The van der Waals surface area contributed by atoms with Gasteiger partial charge in [-0.05, 0) is 62.8 Å². The van der Waals surface area contributed by atoms with E-state index in [1.165, 1.54) is 16.2 Å². The highest BCUT2D eigenvalue weighted by Gasteiger charge is 2.28. The first kappa shape index (κ1) is 26.9. The summed E-state index contributed by atoms with van der Waals surface area (Å²) >= 11 is 7.88. The largest absolute Gasteiger partial charge is 0.489 e. The number of halogens is 1. The van der Waals surface area contributed by atoms with E-state index < -0.39 is 12.1 Å². The van der Waals surface area contributed by atoms with E-state index in [0.717, 1.165) is 40.1 Å². The molecule has 196 valence electrons. The lowest BCUT2D eigenvalue weighted by Gasteiger charge is -2.27. The predicted octanol–water partition coefficient (Wildman–Crippen LogP) is 6.87. The lowest BCUT2D eigenvalue weighted by atomic mass is 9.87. The topological polar surface area (TPSA) is 89.0 Å². The summed E-state index contributed by atoms with van der Waals surface area (Å²) in [5.74, 6) is -0.475. The number of ether oxygens (including phenoxy) is 2. The Hall–Kier alpha value is -3.10. The number of amides is 1. The minimum Gasteiger partial charge on any atom is -0.489 e. The van der Waals surface area contributed by atoms with Gasteiger partial charge in [0.1, 0.15) is 12.4 Å². The number of carbonyl (C=O) groups is 2. The third kappa shape index (κ3) is 6.62. The molecule has 1 N–H and O–H groups in total. The zero-order chi connectivity index (χ0) is 26.5. The Balaban J connectivity index is 1.45. The van der Waals surface area contributed by atoms with Crippen molar-refractivity contribution in [2.24, 2.45) is 5.92 Å². The summed E-state index contributed by atoms with van der Waals surface area (Å²) < 4.78 is 12.4. The van der Waals surface area contributed by atoms with Crippen molar-refractivity contribution >= 4 is 35.0 Å². The van der Waals surface area contributed by atoms with Gasteiger partial charge in [-0.2, -0.15) is 0 Å². The molecule has 0 radical (unpaired) electrons. The van der Waals surface area contributed by atoms with Crippen molar-refractivity contribution in [3.63, 3.8) is 0 Å². The average Bonchev–Trinajstić information content (AvgIpc) is 3.17. The van der Waals surface area contributed by atoms with Crippen LogP contribution in [-0.2, 0) is 22.7 Å². The minimum absolute atomic E-state index is 0.0833. The quantitative estimate of drug-likeness (QED) is 0.334. The molecule has 0 bridgehead atoms. The van der Waals surface area contributed by atoms with Gasteiger partial charge in [-0.3, -0.25) is 4.79 Å². The summed E-state index contributed by atoms with van der Waals surface area (Å²) in [5.41, 5.74) is 4.14. The molecule has 0 aliphatic heterocycles. The number of aromatic nitrogens is 1. The highest BCUT2D eigenvalue weighted by Crippen LogP contribution is 2.40. The number of nitrogens with zero attached hydrogens (tertiary/aromatic N) is 2. The smallest absolute Gasteiger partial charge is 0.410 e. The van der Waals surface area contributed by atoms with Gasteiger partial charge in [0.25, 0.3) is 0 Å². The summed E-state index contributed by atoms with van der Waals surface area (Å²) in [6.45, 7) is 4.31. The van der Waals surface area contributed by atoms with Crippen molar-refractivity contribution in [2.45, 2.75) is 58.8 Å². The normalized spacial score (nSPS) is 17.3. The third-order valence-electron chi connectivity index (χ3n) is 6.67. The van der Waals surface area contributed by atoms with Crippen molar-refractivity contribution in [3.8, 4) is 16.3 Å². The maximum absolute atomic E-state index is 12.6. The Kier molecular flexibility index (Phi) is 8.71. The Morgan fingerprint density at radius 2 is 1.92 bits per heavy atom. The van der Waals surface area contributed by atoms with E-state index in [0.29, 0.717) is 35.2 Å². The van der Waals surface area contributed by atoms with Crippen molar-refractivity contribution in [1.29, 1.82) is 0 Å². The number of rotatable bonds is 8. The molecule has 0 saturated heterocycles. The fourth-order valence-electron chi connectivity index (χ4n) is 4.52. The number of carboxylic acid groups (broad SMARTS) is 1. The SMILES string of the molecule is Cc1nc(-c2sc(Cl)c(C)c2COC(=O)N(C)Cc2ccccc2)ccc1O[C@H]1CCC[C@H](C(=O)O)C1. The van der Waals surface area contributed by atoms with E-state index in [4.69, 9.17) is 26.1 Å². The van der Waals surface area contributed by atoms with Gasteiger partial charge >= 0.3 is 12.1 Å². The molecule has 4 rings (SSSR count). The summed E-state index contributed by atoms with van der Waals surface area (Å²) in [6, 6.07) is 13.5. The van der Waals surface area contributed by atoms with Crippen LogP contribution in [0.1, 0.15) is 48.1 Å². The summed E-state index contributed by atoms with van der Waals surface area (Å²) in [7, 11) is 1.71. The third-order valence-corrected chi connectivity index (χ3v) is 8.33.